The molecule has 0 radical (unpaired) electrons. The Morgan fingerprint density at radius 2 is 1.80 bits per heavy atom. The number of nitrogens with one attached hydrogen (secondary N) is 1. The van der Waals surface area contributed by atoms with Crippen LogP contribution in [0.2, 0.25) is 0 Å². The number of hydrogen-bond donors (Lipinski definition) is 1. The van der Waals surface area contributed by atoms with Crippen LogP contribution < -0.4 is 5.32 Å². The largest absolute Gasteiger partial charge is 0.305 e. The molecule has 1 aliphatic carbocycles. The predicted octanol–water partition coefficient (Wildman–Crippen LogP) is 5.16. The van der Waals surface area contributed by atoms with Gasteiger partial charge in [0.1, 0.15) is 0 Å². The van der Waals surface area contributed by atoms with Crippen molar-refractivity contribution in [3.8, 4) is 0 Å². The summed E-state index contributed by atoms with van der Waals surface area (Å²) in [4.78, 5) is 1.43. The van der Waals surface area contributed by atoms with Crippen LogP contribution in [0.4, 0.5) is 0 Å². The standard InChI is InChI=1S/C18H23NS/c1-3-8-15(9-4-1)18(16-10-5-2-6-11-16)19-14-17-12-7-13-20-17/h1,3-4,7-9,12-13,16,18-19H,2,5-6,10-11,14H2. The Labute approximate surface area is 126 Å². The lowest BCUT2D eigenvalue weighted by atomic mass is 9.81. The van der Waals surface area contributed by atoms with Crippen LogP contribution in [0, 0.1) is 5.92 Å². The van der Waals surface area contributed by atoms with E-state index in [1.165, 1.54) is 42.5 Å². The van der Waals surface area contributed by atoms with Crippen LogP contribution in [0.3, 0.4) is 0 Å². The SMILES string of the molecule is c1ccc(C(NCc2cccs2)C2CCCCC2)cc1. The van der Waals surface area contributed by atoms with Crippen molar-refractivity contribution in [2.75, 3.05) is 0 Å². The Hall–Kier alpha value is -1.12. The van der Waals surface area contributed by atoms with Crippen LogP contribution in [0.25, 0.3) is 0 Å². The van der Waals surface area contributed by atoms with E-state index >= 15 is 0 Å². The highest BCUT2D eigenvalue weighted by molar-refractivity contribution is 7.09. The Kier molecular flexibility index (Phi) is 4.88. The molecule has 0 saturated heterocycles. The van der Waals surface area contributed by atoms with E-state index < -0.39 is 0 Å². The third-order valence-corrected chi connectivity index (χ3v) is 5.23. The fraction of sp³-hybridized carbons (Fsp3) is 0.444. The van der Waals surface area contributed by atoms with Gasteiger partial charge in [-0.2, -0.15) is 0 Å². The molecule has 20 heavy (non-hydrogen) atoms. The summed E-state index contributed by atoms with van der Waals surface area (Å²) in [5, 5.41) is 5.98. The number of rotatable bonds is 5. The van der Waals surface area contributed by atoms with E-state index in [0.29, 0.717) is 6.04 Å². The average Bonchev–Trinajstić information content (AvgIpc) is 3.03. The van der Waals surface area contributed by atoms with E-state index in [2.05, 4.69) is 53.2 Å². The van der Waals surface area contributed by atoms with E-state index in [1.54, 1.807) is 0 Å². The van der Waals surface area contributed by atoms with Crippen molar-refractivity contribution >= 4 is 11.3 Å². The monoisotopic (exact) mass is 285 g/mol. The fourth-order valence-electron chi connectivity index (χ4n) is 3.31. The van der Waals surface area contributed by atoms with Gasteiger partial charge in [-0.15, -0.1) is 11.3 Å². The second-order valence-electron chi connectivity index (χ2n) is 5.75. The molecule has 0 aliphatic heterocycles. The van der Waals surface area contributed by atoms with Crippen molar-refractivity contribution in [2.24, 2.45) is 5.92 Å². The van der Waals surface area contributed by atoms with Crippen molar-refractivity contribution < 1.29 is 0 Å². The van der Waals surface area contributed by atoms with Gasteiger partial charge in [0.15, 0.2) is 0 Å². The molecule has 1 N–H and O–H groups in total. The Balaban J connectivity index is 1.72. The van der Waals surface area contributed by atoms with Gasteiger partial charge >= 0.3 is 0 Å². The molecule has 0 bridgehead atoms. The lowest BCUT2D eigenvalue weighted by molar-refractivity contribution is 0.270. The highest BCUT2D eigenvalue weighted by Crippen LogP contribution is 2.34. The highest BCUT2D eigenvalue weighted by atomic mass is 32.1. The van der Waals surface area contributed by atoms with Crippen molar-refractivity contribution in [3.05, 3.63) is 58.3 Å². The zero-order chi connectivity index (χ0) is 13.6. The van der Waals surface area contributed by atoms with Gasteiger partial charge in [0.25, 0.3) is 0 Å². The summed E-state index contributed by atoms with van der Waals surface area (Å²) in [6, 6.07) is 15.9. The molecule has 1 unspecified atom stereocenters. The normalized spacial score (nSPS) is 18.0. The lowest BCUT2D eigenvalue weighted by Gasteiger charge is -2.31. The number of benzene rings is 1. The molecule has 1 aromatic carbocycles. The van der Waals surface area contributed by atoms with E-state index in [-0.39, 0.29) is 0 Å². The maximum atomic E-state index is 3.82. The quantitative estimate of drug-likeness (QED) is 0.800. The molecule has 1 fully saturated rings. The third-order valence-electron chi connectivity index (χ3n) is 4.36. The third kappa shape index (κ3) is 3.50. The zero-order valence-corrected chi connectivity index (χ0v) is 12.7. The number of hydrogen-bond acceptors (Lipinski definition) is 2. The molecular formula is C18H23NS. The van der Waals surface area contributed by atoms with E-state index in [4.69, 9.17) is 0 Å². The first-order chi connectivity index (χ1) is 9.93. The smallest absolute Gasteiger partial charge is 0.0351 e. The molecule has 0 spiro atoms. The average molecular weight is 285 g/mol. The van der Waals surface area contributed by atoms with Crippen LogP contribution >= 0.6 is 11.3 Å². The van der Waals surface area contributed by atoms with Gasteiger partial charge < -0.3 is 5.32 Å². The molecule has 106 valence electrons. The Morgan fingerprint density at radius 1 is 1.00 bits per heavy atom. The van der Waals surface area contributed by atoms with E-state index in [9.17, 15) is 0 Å². The molecule has 1 saturated carbocycles. The van der Waals surface area contributed by atoms with Crippen molar-refractivity contribution in [1.29, 1.82) is 0 Å². The summed E-state index contributed by atoms with van der Waals surface area (Å²) in [7, 11) is 0. The summed E-state index contributed by atoms with van der Waals surface area (Å²) < 4.78 is 0. The van der Waals surface area contributed by atoms with E-state index in [0.717, 1.165) is 12.5 Å². The Morgan fingerprint density at radius 3 is 2.50 bits per heavy atom. The van der Waals surface area contributed by atoms with Crippen LogP contribution in [0.15, 0.2) is 47.8 Å². The molecule has 2 aromatic rings. The minimum absolute atomic E-state index is 0.513. The first kappa shape index (κ1) is 13.8. The summed E-state index contributed by atoms with van der Waals surface area (Å²) in [5.74, 6) is 0.797. The first-order valence-electron chi connectivity index (χ1n) is 7.74. The van der Waals surface area contributed by atoms with Gasteiger partial charge in [0, 0.05) is 17.5 Å². The van der Waals surface area contributed by atoms with Crippen molar-refractivity contribution in [2.45, 2.75) is 44.7 Å². The molecule has 1 aliphatic rings. The molecule has 1 heterocycles. The lowest BCUT2D eigenvalue weighted by Crippen LogP contribution is -2.29. The van der Waals surface area contributed by atoms with Gasteiger partial charge in [0.05, 0.1) is 0 Å². The van der Waals surface area contributed by atoms with Crippen molar-refractivity contribution in [1.82, 2.24) is 5.32 Å². The molecule has 0 amide bonds. The second-order valence-corrected chi connectivity index (χ2v) is 6.78. The van der Waals surface area contributed by atoms with Gasteiger partial charge in [0.2, 0.25) is 0 Å². The summed E-state index contributed by atoms with van der Waals surface area (Å²) in [6.45, 7) is 0.994. The minimum Gasteiger partial charge on any atom is -0.305 e. The fourth-order valence-corrected chi connectivity index (χ4v) is 3.96. The Bertz CT molecular complexity index is 485. The topological polar surface area (TPSA) is 12.0 Å². The van der Waals surface area contributed by atoms with Crippen LogP contribution in [-0.2, 0) is 6.54 Å². The van der Waals surface area contributed by atoms with Crippen LogP contribution in [-0.4, -0.2) is 0 Å². The zero-order valence-electron chi connectivity index (χ0n) is 11.9. The maximum Gasteiger partial charge on any atom is 0.0351 e. The number of thiophene rings is 1. The maximum absolute atomic E-state index is 3.82. The van der Waals surface area contributed by atoms with Gasteiger partial charge in [-0.05, 0) is 35.8 Å². The molecule has 1 nitrogen and oxygen atoms in total. The first-order valence-corrected chi connectivity index (χ1v) is 8.62. The van der Waals surface area contributed by atoms with Crippen LogP contribution in [0.1, 0.15) is 48.6 Å². The van der Waals surface area contributed by atoms with Gasteiger partial charge in [-0.1, -0.05) is 55.7 Å². The second kappa shape index (κ2) is 7.05. The molecular weight excluding hydrogens is 262 g/mol. The van der Waals surface area contributed by atoms with Crippen molar-refractivity contribution in [3.63, 3.8) is 0 Å². The molecule has 1 aromatic heterocycles. The molecule has 3 rings (SSSR count). The summed E-state index contributed by atoms with van der Waals surface area (Å²) in [5.41, 5.74) is 1.45. The molecule has 2 heteroatoms. The van der Waals surface area contributed by atoms with Crippen LogP contribution in [0.5, 0.6) is 0 Å². The van der Waals surface area contributed by atoms with Gasteiger partial charge in [-0.25, -0.2) is 0 Å². The highest BCUT2D eigenvalue weighted by Gasteiger charge is 2.24. The minimum atomic E-state index is 0.513. The molecule has 1 atom stereocenters. The van der Waals surface area contributed by atoms with E-state index in [1.807, 2.05) is 11.3 Å². The summed E-state index contributed by atoms with van der Waals surface area (Å²) in [6.07, 6.45) is 6.96. The predicted molar refractivity (Wildman–Crippen MR) is 86.9 cm³/mol. The van der Waals surface area contributed by atoms with Gasteiger partial charge in [-0.3, -0.25) is 0 Å². The summed E-state index contributed by atoms with van der Waals surface area (Å²) >= 11 is 1.84.